The number of anilines is 1. The fraction of sp³-hybridized carbons (Fsp3) is 0.161. The molecule has 3 heterocycles. The Morgan fingerprint density at radius 3 is 2.51 bits per heavy atom. The minimum Gasteiger partial charge on any atom is -0.321 e. The van der Waals surface area contributed by atoms with Gasteiger partial charge in [-0.05, 0) is 79.4 Å². The maximum absolute atomic E-state index is 13.7. The number of thiazole rings is 1. The molecule has 194 valence electrons. The van der Waals surface area contributed by atoms with Crippen LogP contribution < -0.4 is 4.90 Å². The predicted octanol–water partition coefficient (Wildman–Crippen LogP) is 6.62. The molecule has 6 nitrogen and oxygen atoms in total. The molecule has 3 amide bonds. The molecule has 1 unspecified atom stereocenters. The van der Waals surface area contributed by atoms with Crippen LogP contribution in [0.2, 0.25) is 0 Å². The van der Waals surface area contributed by atoms with Gasteiger partial charge in [0.05, 0.1) is 28.9 Å². The van der Waals surface area contributed by atoms with Crippen molar-refractivity contribution in [2.45, 2.75) is 32.9 Å². The van der Waals surface area contributed by atoms with Gasteiger partial charge in [-0.1, -0.05) is 29.8 Å². The summed E-state index contributed by atoms with van der Waals surface area (Å²) in [6.45, 7) is 4.24. The van der Waals surface area contributed by atoms with E-state index in [9.17, 15) is 14.4 Å². The Kier molecular flexibility index (Phi) is 6.58. The van der Waals surface area contributed by atoms with Gasteiger partial charge >= 0.3 is 0 Å². The molecule has 6 rings (SSSR count). The van der Waals surface area contributed by atoms with Crippen molar-refractivity contribution in [1.29, 1.82) is 0 Å². The average molecular weight is 552 g/mol. The first-order valence-electron chi connectivity index (χ1n) is 12.6. The molecule has 1 aliphatic heterocycles. The Bertz CT molecular complexity index is 1710. The van der Waals surface area contributed by atoms with E-state index in [1.165, 1.54) is 21.8 Å². The van der Waals surface area contributed by atoms with Gasteiger partial charge in [0.2, 0.25) is 5.91 Å². The van der Waals surface area contributed by atoms with E-state index in [1.807, 2.05) is 66.9 Å². The molecule has 39 heavy (non-hydrogen) atoms. The summed E-state index contributed by atoms with van der Waals surface area (Å²) in [5.74, 6) is -0.969. The number of carbonyl (C=O) groups excluding carboxylic acids is 3. The number of thiophene rings is 1. The number of carbonyl (C=O) groups is 3. The van der Waals surface area contributed by atoms with Gasteiger partial charge in [-0.25, -0.2) is 9.88 Å². The van der Waals surface area contributed by atoms with E-state index in [2.05, 4.69) is 13.0 Å². The molecule has 0 aliphatic carbocycles. The fourth-order valence-corrected chi connectivity index (χ4v) is 6.65. The Hall–Kier alpha value is -4.14. The third-order valence-electron chi connectivity index (χ3n) is 6.85. The van der Waals surface area contributed by atoms with E-state index in [-0.39, 0.29) is 30.7 Å². The van der Waals surface area contributed by atoms with Gasteiger partial charge in [0.25, 0.3) is 11.8 Å². The number of rotatable bonds is 6. The maximum atomic E-state index is 13.7. The maximum Gasteiger partial charge on any atom is 0.257 e. The summed E-state index contributed by atoms with van der Waals surface area (Å²) in [7, 11) is 0. The summed E-state index contributed by atoms with van der Waals surface area (Å²) in [5, 5.41) is 2.82. The third kappa shape index (κ3) is 4.89. The van der Waals surface area contributed by atoms with Crippen LogP contribution in [0.3, 0.4) is 0 Å². The van der Waals surface area contributed by atoms with Gasteiger partial charge in [0, 0.05) is 16.0 Å². The molecule has 0 saturated carbocycles. The molecule has 1 saturated heterocycles. The second kappa shape index (κ2) is 10.2. The molecule has 5 aromatic rings. The Labute approximate surface area is 234 Å². The number of benzene rings is 3. The summed E-state index contributed by atoms with van der Waals surface area (Å²) in [4.78, 5) is 49.0. The van der Waals surface area contributed by atoms with Crippen molar-refractivity contribution < 1.29 is 14.4 Å². The summed E-state index contributed by atoms with van der Waals surface area (Å²) < 4.78 is 1.12. The second-order valence-electron chi connectivity index (χ2n) is 9.71. The van der Waals surface area contributed by atoms with Crippen molar-refractivity contribution in [2.24, 2.45) is 0 Å². The standard InChI is InChI=1S/C31H25N3O3S2/c1-19-5-3-6-22(15-19)30(36)33(18-24-7-4-14-38-24)26-17-28(35)34(31(26)37)23-11-9-21(10-12-23)29-32-25-13-8-20(2)16-27(25)39-29/h3-16,26H,17-18H2,1-2H3. The lowest BCUT2D eigenvalue weighted by Crippen LogP contribution is -2.45. The van der Waals surface area contributed by atoms with E-state index in [0.29, 0.717) is 11.3 Å². The summed E-state index contributed by atoms with van der Waals surface area (Å²) in [6.07, 6.45) is -0.0548. The van der Waals surface area contributed by atoms with E-state index in [4.69, 9.17) is 4.98 Å². The Morgan fingerprint density at radius 2 is 1.77 bits per heavy atom. The number of hydrogen-bond acceptors (Lipinski definition) is 6. The van der Waals surface area contributed by atoms with Crippen LogP contribution in [0.5, 0.6) is 0 Å². The van der Waals surface area contributed by atoms with Crippen LogP contribution in [-0.2, 0) is 16.1 Å². The molecule has 0 spiro atoms. The predicted molar refractivity (Wildman–Crippen MR) is 156 cm³/mol. The highest BCUT2D eigenvalue weighted by Crippen LogP contribution is 2.33. The molecular formula is C31H25N3O3S2. The van der Waals surface area contributed by atoms with E-state index in [0.717, 1.165) is 31.2 Å². The molecule has 0 radical (unpaired) electrons. The van der Waals surface area contributed by atoms with Crippen molar-refractivity contribution in [3.05, 3.63) is 106 Å². The number of fused-ring (bicyclic) bond motifs is 1. The molecule has 2 aromatic heterocycles. The summed E-state index contributed by atoms with van der Waals surface area (Å²) in [6, 6.07) is 23.8. The molecule has 3 aromatic carbocycles. The highest BCUT2D eigenvalue weighted by molar-refractivity contribution is 7.21. The van der Waals surface area contributed by atoms with Gasteiger partial charge in [0.1, 0.15) is 11.0 Å². The lowest BCUT2D eigenvalue weighted by Gasteiger charge is -2.27. The lowest BCUT2D eigenvalue weighted by atomic mass is 10.1. The Balaban J connectivity index is 1.28. The highest BCUT2D eigenvalue weighted by Gasteiger charge is 2.44. The van der Waals surface area contributed by atoms with Crippen LogP contribution in [0.4, 0.5) is 5.69 Å². The SMILES string of the molecule is Cc1cccc(C(=O)N(Cc2cccs2)C2CC(=O)N(c3ccc(-c4nc5ccc(C)cc5s4)cc3)C2=O)c1. The molecule has 1 atom stereocenters. The zero-order valence-electron chi connectivity index (χ0n) is 21.5. The quantitative estimate of drug-likeness (QED) is 0.223. The van der Waals surface area contributed by atoms with Gasteiger partial charge in [-0.15, -0.1) is 22.7 Å². The number of aromatic nitrogens is 1. The van der Waals surface area contributed by atoms with Crippen molar-refractivity contribution in [3.8, 4) is 10.6 Å². The third-order valence-corrected chi connectivity index (χ3v) is 8.78. The smallest absolute Gasteiger partial charge is 0.257 e. The minimum atomic E-state index is -0.875. The topological polar surface area (TPSA) is 70.6 Å². The number of imide groups is 1. The normalized spacial score (nSPS) is 15.3. The van der Waals surface area contributed by atoms with Crippen LogP contribution in [0.15, 0.2) is 84.2 Å². The first-order chi connectivity index (χ1) is 18.9. The van der Waals surface area contributed by atoms with Gasteiger partial charge in [0.15, 0.2) is 0 Å². The van der Waals surface area contributed by atoms with Crippen LogP contribution >= 0.6 is 22.7 Å². The summed E-state index contributed by atoms with van der Waals surface area (Å²) >= 11 is 3.13. The van der Waals surface area contributed by atoms with Crippen LogP contribution in [0.1, 0.15) is 32.8 Å². The van der Waals surface area contributed by atoms with Crippen LogP contribution in [0.25, 0.3) is 20.8 Å². The molecule has 8 heteroatoms. The van der Waals surface area contributed by atoms with Crippen molar-refractivity contribution in [2.75, 3.05) is 4.90 Å². The van der Waals surface area contributed by atoms with E-state index < -0.39 is 6.04 Å². The molecule has 0 bridgehead atoms. The monoisotopic (exact) mass is 551 g/mol. The second-order valence-corrected chi connectivity index (χ2v) is 11.8. The molecule has 0 N–H and O–H groups in total. The number of nitrogens with zero attached hydrogens (tertiary/aromatic N) is 3. The zero-order chi connectivity index (χ0) is 27.1. The van der Waals surface area contributed by atoms with Crippen molar-refractivity contribution in [3.63, 3.8) is 0 Å². The molecular weight excluding hydrogens is 526 g/mol. The fourth-order valence-electron chi connectivity index (χ4n) is 4.88. The molecule has 1 fully saturated rings. The Morgan fingerprint density at radius 1 is 0.974 bits per heavy atom. The van der Waals surface area contributed by atoms with Crippen LogP contribution in [0, 0.1) is 13.8 Å². The van der Waals surface area contributed by atoms with E-state index >= 15 is 0 Å². The largest absolute Gasteiger partial charge is 0.321 e. The van der Waals surface area contributed by atoms with Crippen molar-refractivity contribution >= 4 is 56.3 Å². The lowest BCUT2D eigenvalue weighted by molar-refractivity contribution is -0.122. The van der Waals surface area contributed by atoms with Crippen LogP contribution in [-0.4, -0.2) is 33.6 Å². The molecule has 1 aliphatic rings. The summed E-state index contributed by atoms with van der Waals surface area (Å²) in [5.41, 5.74) is 5.00. The number of amides is 3. The zero-order valence-corrected chi connectivity index (χ0v) is 23.1. The first kappa shape index (κ1) is 25.2. The highest BCUT2D eigenvalue weighted by atomic mass is 32.1. The number of hydrogen-bond donors (Lipinski definition) is 0. The first-order valence-corrected chi connectivity index (χ1v) is 14.3. The van der Waals surface area contributed by atoms with E-state index in [1.54, 1.807) is 34.4 Å². The van der Waals surface area contributed by atoms with Gasteiger partial charge in [-0.3, -0.25) is 14.4 Å². The average Bonchev–Trinajstić information content (AvgIpc) is 3.66. The van der Waals surface area contributed by atoms with Gasteiger partial charge < -0.3 is 4.90 Å². The van der Waals surface area contributed by atoms with Gasteiger partial charge in [-0.2, -0.15) is 0 Å². The number of aryl methyl sites for hydroxylation is 2. The van der Waals surface area contributed by atoms with Crippen molar-refractivity contribution in [1.82, 2.24) is 9.88 Å². The minimum absolute atomic E-state index is 0.0548.